The fraction of sp³-hybridized carbons (Fsp3) is 0.235. The molecule has 0 saturated carbocycles. The minimum Gasteiger partial charge on any atom is -0.493 e. The van der Waals surface area contributed by atoms with Crippen LogP contribution < -0.4 is 14.8 Å². The number of benzene rings is 2. The van der Waals surface area contributed by atoms with Crippen molar-refractivity contribution in [3.05, 3.63) is 53.6 Å². The van der Waals surface area contributed by atoms with Crippen LogP contribution in [-0.4, -0.2) is 14.2 Å². The smallest absolute Gasteiger partial charge is 0.162 e. The Labute approximate surface area is 124 Å². The van der Waals surface area contributed by atoms with Gasteiger partial charge in [0.2, 0.25) is 0 Å². The maximum atomic E-state index is 8.82. The quantitative estimate of drug-likeness (QED) is 0.907. The lowest BCUT2D eigenvalue weighted by molar-refractivity contribution is 0.355. The summed E-state index contributed by atoms with van der Waals surface area (Å²) in [5.74, 6) is 1.39. The molecule has 0 saturated heterocycles. The SMILES string of the molecule is COc1ccc(NC(C)c2ccc(C#N)cc2)cc1OC. The molecule has 0 aromatic heterocycles. The van der Waals surface area contributed by atoms with Crippen molar-refractivity contribution >= 4 is 5.69 Å². The number of hydrogen-bond donors (Lipinski definition) is 1. The summed E-state index contributed by atoms with van der Waals surface area (Å²) in [6.45, 7) is 2.07. The van der Waals surface area contributed by atoms with Crippen LogP contribution in [0.1, 0.15) is 24.1 Å². The summed E-state index contributed by atoms with van der Waals surface area (Å²) in [6, 6.07) is 15.5. The summed E-state index contributed by atoms with van der Waals surface area (Å²) in [5.41, 5.74) is 2.73. The van der Waals surface area contributed by atoms with E-state index in [4.69, 9.17) is 14.7 Å². The van der Waals surface area contributed by atoms with Crippen molar-refractivity contribution in [2.45, 2.75) is 13.0 Å². The Morgan fingerprint density at radius 1 is 1.00 bits per heavy atom. The van der Waals surface area contributed by atoms with E-state index in [1.54, 1.807) is 14.2 Å². The van der Waals surface area contributed by atoms with Crippen LogP contribution in [-0.2, 0) is 0 Å². The van der Waals surface area contributed by atoms with E-state index < -0.39 is 0 Å². The Bertz CT molecular complexity index is 645. The summed E-state index contributed by atoms with van der Waals surface area (Å²) in [7, 11) is 3.23. The molecule has 21 heavy (non-hydrogen) atoms. The summed E-state index contributed by atoms with van der Waals surface area (Å²) in [4.78, 5) is 0. The Kier molecular flexibility index (Phi) is 4.68. The van der Waals surface area contributed by atoms with Crippen molar-refractivity contribution in [1.82, 2.24) is 0 Å². The van der Waals surface area contributed by atoms with E-state index in [9.17, 15) is 0 Å². The maximum Gasteiger partial charge on any atom is 0.162 e. The number of hydrogen-bond acceptors (Lipinski definition) is 4. The standard InChI is InChI=1S/C17H18N2O2/c1-12(14-6-4-13(11-18)5-7-14)19-15-8-9-16(20-2)17(10-15)21-3/h4-10,12,19H,1-3H3. The summed E-state index contributed by atoms with van der Waals surface area (Å²) in [5, 5.41) is 12.2. The maximum absolute atomic E-state index is 8.82. The molecular formula is C17H18N2O2. The lowest BCUT2D eigenvalue weighted by Gasteiger charge is -2.17. The fourth-order valence-corrected chi connectivity index (χ4v) is 2.11. The van der Waals surface area contributed by atoms with Gasteiger partial charge < -0.3 is 14.8 Å². The van der Waals surface area contributed by atoms with Gasteiger partial charge in [-0.2, -0.15) is 5.26 Å². The average molecular weight is 282 g/mol. The zero-order valence-corrected chi connectivity index (χ0v) is 12.4. The second-order valence-corrected chi connectivity index (χ2v) is 4.67. The molecule has 0 bridgehead atoms. The van der Waals surface area contributed by atoms with Gasteiger partial charge >= 0.3 is 0 Å². The van der Waals surface area contributed by atoms with Crippen molar-refractivity contribution < 1.29 is 9.47 Å². The Hall–Kier alpha value is -2.67. The second-order valence-electron chi connectivity index (χ2n) is 4.67. The first-order valence-electron chi connectivity index (χ1n) is 6.66. The first-order valence-corrected chi connectivity index (χ1v) is 6.66. The van der Waals surface area contributed by atoms with Crippen LogP contribution >= 0.6 is 0 Å². The molecule has 1 N–H and O–H groups in total. The number of ether oxygens (including phenoxy) is 2. The first-order chi connectivity index (χ1) is 10.2. The molecule has 4 heteroatoms. The largest absolute Gasteiger partial charge is 0.493 e. The highest BCUT2D eigenvalue weighted by Gasteiger charge is 2.08. The summed E-state index contributed by atoms with van der Waals surface area (Å²) >= 11 is 0. The van der Waals surface area contributed by atoms with Crippen molar-refractivity contribution in [2.24, 2.45) is 0 Å². The third-order valence-electron chi connectivity index (χ3n) is 3.31. The first kappa shape index (κ1) is 14.7. The van der Waals surface area contributed by atoms with Crippen LogP contribution in [0, 0.1) is 11.3 Å². The predicted octanol–water partition coefficient (Wildman–Crippen LogP) is 3.75. The zero-order valence-electron chi connectivity index (χ0n) is 12.4. The van der Waals surface area contributed by atoms with E-state index in [2.05, 4.69) is 18.3 Å². The molecule has 2 rings (SSSR count). The van der Waals surface area contributed by atoms with Crippen LogP contribution in [0.4, 0.5) is 5.69 Å². The molecular weight excluding hydrogens is 264 g/mol. The highest BCUT2D eigenvalue weighted by atomic mass is 16.5. The molecule has 0 aliphatic carbocycles. The summed E-state index contributed by atoms with van der Waals surface area (Å²) in [6.07, 6.45) is 0. The molecule has 0 spiro atoms. The molecule has 2 aromatic carbocycles. The average Bonchev–Trinajstić information content (AvgIpc) is 2.54. The number of nitrogens with one attached hydrogen (secondary N) is 1. The van der Waals surface area contributed by atoms with E-state index in [0.29, 0.717) is 17.1 Å². The highest BCUT2D eigenvalue weighted by Crippen LogP contribution is 2.31. The molecule has 0 aliphatic heterocycles. The van der Waals surface area contributed by atoms with Crippen molar-refractivity contribution in [1.29, 1.82) is 5.26 Å². The van der Waals surface area contributed by atoms with Gasteiger partial charge in [0, 0.05) is 17.8 Å². The van der Waals surface area contributed by atoms with Gasteiger partial charge in [0.15, 0.2) is 11.5 Å². The number of nitriles is 1. The highest BCUT2D eigenvalue weighted by molar-refractivity contribution is 5.55. The third-order valence-corrected chi connectivity index (χ3v) is 3.31. The minimum absolute atomic E-state index is 0.121. The third kappa shape index (κ3) is 3.46. The number of anilines is 1. The van der Waals surface area contributed by atoms with Gasteiger partial charge in [0.05, 0.1) is 25.9 Å². The minimum atomic E-state index is 0.121. The zero-order chi connectivity index (χ0) is 15.2. The lowest BCUT2D eigenvalue weighted by Crippen LogP contribution is -2.06. The van der Waals surface area contributed by atoms with Crippen LogP contribution in [0.5, 0.6) is 11.5 Å². The number of nitrogens with zero attached hydrogens (tertiary/aromatic N) is 1. The van der Waals surface area contributed by atoms with Crippen molar-refractivity contribution in [3.8, 4) is 17.6 Å². The molecule has 108 valence electrons. The van der Waals surface area contributed by atoms with Gasteiger partial charge in [0.25, 0.3) is 0 Å². The van der Waals surface area contributed by atoms with Gasteiger partial charge in [-0.1, -0.05) is 12.1 Å². The van der Waals surface area contributed by atoms with E-state index in [0.717, 1.165) is 11.3 Å². The van der Waals surface area contributed by atoms with Gasteiger partial charge in [-0.3, -0.25) is 0 Å². The Morgan fingerprint density at radius 3 is 2.24 bits per heavy atom. The van der Waals surface area contributed by atoms with E-state index in [1.807, 2.05) is 42.5 Å². The fourth-order valence-electron chi connectivity index (χ4n) is 2.11. The number of methoxy groups -OCH3 is 2. The normalized spacial score (nSPS) is 11.3. The van der Waals surface area contributed by atoms with Crippen LogP contribution in [0.25, 0.3) is 0 Å². The monoisotopic (exact) mass is 282 g/mol. The molecule has 4 nitrogen and oxygen atoms in total. The Balaban J connectivity index is 2.15. The molecule has 0 aliphatic rings. The molecule has 2 aromatic rings. The second kappa shape index (κ2) is 6.67. The molecule has 0 heterocycles. The predicted molar refractivity (Wildman–Crippen MR) is 82.7 cm³/mol. The lowest BCUT2D eigenvalue weighted by atomic mass is 10.1. The van der Waals surface area contributed by atoms with Gasteiger partial charge in [-0.05, 0) is 36.8 Å². The van der Waals surface area contributed by atoms with Gasteiger partial charge in [-0.15, -0.1) is 0 Å². The molecule has 1 unspecified atom stereocenters. The summed E-state index contributed by atoms with van der Waals surface area (Å²) < 4.78 is 10.5. The van der Waals surface area contributed by atoms with Gasteiger partial charge in [-0.25, -0.2) is 0 Å². The molecule has 0 radical (unpaired) electrons. The van der Waals surface area contributed by atoms with Crippen LogP contribution in [0.15, 0.2) is 42.5 Å². The van der Waals surface area contributed by atoms with Crippen LogP contribution in [0.2, 0.25) is 0 Å². The van der Waals surface area contributed by atoms with E-state index >= 15 is 0 Å². The number of rotatable bonds is 5. The van der Waals surface area contributed by atoms with Crippen LogP contribution in [0.3, 0.4) is 0 Å². The Morgan fingerprint density at radius 2 is 1.67 bits per heavy atom. The topological polar surface area (TPSA) is 54.3 Å². The van der Waals surface area contributed by atoms with Crippen molar-refractivity contribution in [2.75, 3.05) is 19.5 Å². The molecule has 0 fully saturated rings. The van der Waals surface area contributed by atoms with E-state index in [-0.39, 0.29) is 6.04 Å². The van der Waals surface area contributed by atoms with Crippen molar-refractivity contribution in [3.63, 3.8) is 0 Å². The van der Waals surface area contributed by atoms with Gasteiger partial charge in [0.1, 0.15) is 0 Å². The van der Waals surface area contributed by atoms with E-state index in [1.165, 1.54) is 0 Å². The molecule has 0 amide bonds. The molecule has 1 atom stereocenters.